The molecule has 5 nitrogen and oxygen atoms in total. The third kappa shape index (κ3) is 3.02. The average Bonchev–Trinajstić information content (AvgIpc) is 2.39. The van der Waals surface area contributed by atoms with Gasteiger partial charge in [-0.25, -0.2) is 13.1 Å². The summed E-state index contributed by atoms with van der Waals surface area (Å²) in [5.74, 6) is 0. The molecule has 0 aliphatic carbocycles. The molecule has 7 heteroatoms. The predicted molar refractivity (Wildman–Crippen MR) is 62.2 cm³/mol. The van der Waals surface area contributed by atoms with E-state index in [1.807, 2.05) is 20.9 Å². The summed E-state index contributed by atoms with van der Waals surface area (Å²) in [7, 11) is -1.37. The molecule has 86 valence electrons. The molecule has 1 N–H and O–H groups in total. The van der Waals surface area contributed by atoms with Gasteiger partial charge in [0.05, 0.1) is 5.69 Å². The van der Waals surface area contributed by atoms with Crippen LogP contribution in [0.1, 0.15) is 17.0 Å². The van der Waals surface area contributed by atoms with Crippen LogP contribution < -0.4 is 4.72 Å². The molecule has 15 heavy (non-hydrogen) atoms. The molecular formula is C8H14BrN3O2S. The van der Waals surface area contributed by atoms with Gasteiger partial charge < -0.3 is 0 Å². The van der Waals surface area contributed by atoms with Crippen molar-refractivity contribution in [3.05, 3.63) is 17.0 Å². The molecule has 1 heterocycles. The highest BCUT2D eigenvalue weighted by atomic mass is 79.9. The summed E-state index contributed by atoms with van der Waals surface area (Å²) in [6.07, 6.45) is 0. The van der Waals surface area contributed by atoms with Crippen molar-refractivity contribution in [1.29, 1.82) is 0 Å². The summed E-state index contributed by atoms with van der Waals surface area (Å²) < 4.78 is 26.6. The summed E-state index contributed by atoms with van der Waals surface area (Å²) in [5, 5.41) is 4.21. The lowest BCUT2D eigenvalue weighted by Crippen LogP contribution is -2.24. The third-order valence-electron chi connectivity index (χ3n) is 2.27. The highest BCUT2D eigenvalue weighted by molar-refractivity contribution is 9.10. The number of hydrogen-bond donors (Lipinski definition) is 1. The van der Waals surface area contributed by atoms with Gasteiger partial charge in [-0.2, -0.15) is 5.10 Å². The van der Waals surface area contributed by atoms with Gasteiger partial charge in [-0.3, -0.25) is 4.68 Å². The lowest BCUT2D eigenvalue weighted by Gasteiger charge is -2.04. The fourth-order valence-corrected chi connectivity index (χ4v) is 2.22. The standard InChI is InChI=1S/C8H14BrN3O2S/c1-6-8(7(2)12(3)11-6)4-10-15(13,14)5-9/h10H,4-5H2,1-3H3. The molecule has 0 aliphatic heterocycles. The summed E-state index contributed by atoms with van der Waals surface area (Å²) in [5.41, 5.74) is 2.76. The second-order valence-corrected chi connectivity index (χ2v) is 6.43. The Kier molecular flexibility index (Phi) is 3.91. The third-order valence-corrected chi connectivity index (χ3v) is 4.95. The molecule has 1 rings (SSSR count). The Hall–Kier alpha value is -0.400. The van der Waals surface area contributed by atoms with Crippen molar-refractivity contribution < 1.29 is 8.42 Å². The maximum atomic E-state index is 11.2. The van der Waals surface area contributed by atoms with Gasteiger partial charge in [0.2, 0.25) is 10.0 Å². The quantitative estimate of drug-likeness (QED) is 0.836. The van der Waals surface area contributed by atoms with Crippen LogP contribution in [0.2, 0.25) is 0 Å². The zero-order chi connectivity index (χ0) is 11.6. The van der Waals surface area contributed by atoms with Crippen molar-refractivity contribution in [2.24, 2.45) is 7.05 Å². The van der Waals surface area contributed by atoms with Crippen LogP contribution in [0.4, 0.5) is 0 Å². The molecule has 0 aromatic carbocycles. The first-order chi connectivity index (χ1) is 6.87. The Morgan fingerprint density at radius 2 is 2.07 bits per heavy atom. The van der Waals surface area contributed by atoms with E-state index in [0.29, 0.717) is 6.54 Å². The molecular weight excluding hydrogens is 282 g/mol. The van der Waals surface area contributed by atoms with E-state index in [-0.39, 0.29) is 4.66 Å². The van der Waals surface area contributed by atoms with Crippen molar-refractivity contribution in [3.63, 3.8) is 0 Å². The van der Waals surface area contributed by atoms with Crippen LogP contribution in [0.3, 0.4) is 0 Å². The average molecular weight is 296 g/mol. The molecule has 0 aliphatic rings. The summed E-state index contributed by atoms with van der Waals surface area (Å²) in [6.45, 7) is 4.07. The van der Waals surface area contributed by atoms with Crippen LogP contribution in [0.5, 0.6) is 0 Å². The molecule has 0 radical (unpaired) electrons. The van der Waals surface area contributed by atoms with E-state index in [2.05, 4.69) is 25.8 Å². The van der Waals surface area contributed by atoms with E-state index in [1.165, 1.54) is 0 Å². The minimum atomic E-state index is -3.21. The fraction of sp³-hybridized carbons (Fsp3) is 0.625. The number of rotatable bonds is 4. The maximum Gasteiger partial charge on any atom is 0.221 e. The maximum absolute atomic E-state index is 11.2. The van der Waals surface area contributed by atoms with Crippen molar-refractivity contribution in [1.82, 2.24) is 14.5 Å². The van der Waals surface area contributed by atoms with Gasteiger partial charge in [-0.15, -0.1) is 0 Å². The predicted octanol–water partition coefficient (Wildman–Crippen LogP) is 0.809. The van der Waals surface area contributed by atoms with E-state index in [1.54, 1.807) is 4.68 Å². The number of sulfonamides is 1. The first kappa shape index (κ1) is 12.7. The van der Waals surface area contributed by atoms with Gasteiger partial charge in [0, 0.05) is 24.8 Å². The van der Waals surface area contributed by atoms with Gasteiger partial charge >= 0.3 is 0 Å². The van der Waals surface area contributed by atoms with Gasteiger partial charge in [-0.05, 0) is 13.8 Å². The van der Waals surface area contributed by atoms with Crippen LogP contribution in [0.25, 0.3) is 0 Å². The van der Waals surface area contributed by atoms with E-state index in [4.69, 9.17) is 0 Å². The summed E-state index contributed by atoms with van der Waals surface area (Å²) in [4.78, 5) is 0. The second kappa shape index (κ2) is 4.63. The Balaban J connectivity index is 2.83. The van der Waals surface area contributed by atoms with Crippen molar-refractivity contribution >= 4 is 26.0 Å². The first-order valence-electron chi connectivity index (χ1n) is 4.39. The van der Waals surface area contributed by atoms with E-state index < -0.39 is 10.0 Å². The number of hydrogen-bond acceptors (Lipinski definition) is 3. The number of halogens is 1. The monoisotopic (exact) mass is 295 g/mol. The highest BCUT2D eigenvalue weighted by Crippen LogP contribution is 2.11. The van der Waals surface area contributed by atoms with Gasteiger partial charge in [0.15, 0.2) is 0 Å². The zero-order valence-electron chi connectivity index (χ0n) is 8.91. The molecule has 0 amide bonds. The Bertz CT molecular complexity index is 453. The minimum Gasteiger partial charge on any atom is -0.272 e. The summed E-state index contributed by atoms with van der Waals surface area (Å²) in [6, 6.07) is 0. The fourth-order valence-electron chi connectivity index (χ4n) is 1.29. The highest BCUT2D eigenvalue weighted by Gasteiger charge is 2.12. The van der Waals surface area contributed by atoms with Crippen LogP contribution in [0, 0.1) is 13.8 Å². The first-order valence-corrected chi connectivity index (χ1v) is 7.17. The van der Waals surface area contributed by atoms with E-state index in [9.17, 15) is 8.42 Å². The molecule has 0 bridgehead atoms. The molecule has 0 fully saturated rings. The second-order valence-electron chi connectivity index (χ2n) is 3.32. The van der Waals surface area contributed by atoms with Crippen molar-refractivity contribution in [2.75, 3.05) is 4.66 Å². The van der Waals surface area contributed by atoms with E-state index >= 15 is 0 Å². The minimum absolute atomic E-state index is 0.0850. The molecule has 0 saturated heterocycles. The zero-order valence-corrected chi connectivity index (χ0v) is 11.3. The number of aromatic nitrogens is 2. The Morgan fingerprint density at radius 3 is 2.47 bits per heavy atom. The van der Waals surface area contributed by atoms with Crippen LogP contribution in [-0.2, 0) is 23.6 Å². The van der Waals surface area contributed by atoms with Crippen LogP contribution in [-0.4, -0.2) is 22.9 Å². The molecule has 0 unspecified atom stereocenters. The molecule has 1 aromatic rings. The smallest absolute Gasteiger partial charge is 0.221 e. The molecule has 0 atom stereocenters. The lowest BCUT2D eigenvalue weighted by atomic mass is 10.2. The largest absolute Gasteiger partial charge is 0.272 e. The van der Waals surface area contributed by atoms with Crippen molar-refractivity contribution in [2.45, 2.75) is 20.4 Å². The molecule has 1 aromatic heterocycles. The van der Waals surface area contributed by atoms with Crippen LogP contribution >= 0.6 is 15.9 Å². The molecule has 0 spiro atoms. The number of nitrogens with one attached hydrogen (secondary N) is 1. The SMILES string of the molecule is Cc1nn(C)c(C)c1CNS(=O)(=O)CBr. The normalized spacial score (nSPS) is 12.0. The summed E-state index contributed by atoms with van der Waals surface area (Å²) >= 11 is 2.92. The number of alkyl halides is 1. The number of aryl methyl sites for hydroxylation is 2. The van der Waals surface area contributed by atoms with Gasteiger partial charge in [-0.1, -0.05) is 15.9 Å². The van der Waals surface area contributed by atoms with Crippen molar-refractivity contribution in [3.8, 4) is 0 Å². The van der Waals surface area contributed by atoms with E-state index in [0.717, 1.165) is 17.0 Å². The lowest BCUT2D eigenvalue weighted by molar-refractivity contribution is 0.586. The van der Waals surface area contributed by atoms with Crippen LogP contribution in [0.15, 0.2) is 0 Å². The molecule has 0 saturated carbocycles. The Labute approximate surface area is 98.0 Å². The van der Waals surface area contributed by atoms with Gasteiger partial charge in [0.1, 0.15) is 4.66 Å². The Morgan fingerprint density at radius 1 is 1.47 bits per heavy atom. The number of nitrogens with zero attached hydrogens (tertiary/aromatic N) is 2. The topological polar surface area (TPSA) is 64.0 Å². The van der Waals surface area contributed by atoms with Gasteiger partial charge in [0.25, 0.3) is 0 Å².